The van der Waals surface area contributed by atoms with E-state index < -0.39 is 0 Å². The van der Waals surface area contributed by atoms with E-state index in [-0.39, 0.29) is 18.2 Å². The Morgan fingerprint density at radius 3 is 2.73 bits per heavy atom. The number of nitrogens with zero attached hydrogens (tertiary/aromatic N) is 1. The molecule has 6 nitrogen and oxygen atoms in total. The summed E-state index contributed by atoms with van der Waals surface area (Å²) in [6.45, 7) is 1.43. The Morgan fingerprint density at radius 1 is 1.19 bits per heavy atom. The van der Waals surface area contributed by atoms with Crippen molar-refractivity contribution in [3.8, 4) is 16.3 Å². The summed E-state index contributed by atoms with van der Waals surface area (Å²) in [6.07, 6.45) is 0.161. The fourth-order valence-electron chi connectivity index (χ4n) is 2.35. The van der Waals surface area contributed by atoms with Crippen LogP contribution in [0.4, 0.5) is 11.4 Å². The fraction of sp³-hybridized carbons (Fsp3) is 0.167. The number of benzene rings is 1. The normalized spacial score (nSPS) is 10.4. The molecule has 0 saturated carbocycles. The van der Waals surface area contributed by atoms with E-state index in [1.54, 1.807) is 29.5 Å². The summed E-state index contributed by atoms with van der Waals surface area (Å²) in [5.41, 5.74) is 2.86. The second-order valence-corrected chi connectivity index (χ2v) is 7.12. The molecule has 0 unspecified atom stereocenters. The molecule has 2 N–H and O–H groups in total. The third-order valence-corrected chi connectivity index (χ3v) is 5.08. The van der Waals surface area contributed by atoms with Crippen molar-refractivity contribution < 1.29 is 14.3 Å². The third-order valence-electron chi connectivity index (χ3n) is 3.46. The average Bonchev–Trinajstić information content (AvgIpc) is 3.25. The molecule has 0 atom stereocenters. The summed E-state index contributed by atoms with van der Waals surface area (Å²) in [5.74, 6) is 0.131. The minimum Gasteiger partial charge on any atom is -0.495 e. The van der Waals surface area contributed by atoms with Gasteiger partial charge in [-0.25, -0.2) is 4.98 Å². The molecule has 26 heavy (non-hydrogen) atoms. The zero-order valence-electron chi connectivity index (χ0n) is 14.2. The number of carbonyl (C=O) groups excluding carboxylic acids is 2. The van der Waals surface area contributed by atoms with Gasteiger partial charge in [-0.15, -0.1) is 11.3 Å². The Labute approximate surface area is 158 Å². The van der Waals surface area contributed by atoms with Crippen molar-refractivity contribution >= 4 is 45.9 Å². The second-order valence-electron chi connectivity index (χ2n) is 5.48. The number of aromatic nitrogens is 1. The number of hydrogen-bond donors (Lipinski definition) is 2. The smallest absolute Gasteiger partial charge is 0.230 e. The topological polar surface area (TPSA) is 80.3 Å². The maximum atomic E-state index is 12.4. The van der Waals surface area contributed by atoms with E-state index in [4.69, 9.17) is 4.74 Å². The van der Waals surface area contributed by atoms with Crippen LogP contribution in [0, 0.1) is 0 Å². The average molecular weight is 387 g/mol. The lowest BCUT2D eigenvalue weighted by Crippen LogP contribution is -2.15. The number of rotatable bonds is 6. The first-order chi connectivity index (χ1) is 12.5. The third kappa shape index (κ3) is 4.47. The Kier molecular flexibility index (Phi) is 5.65. The summed E-state index contributed by atoms with van der Waals surface area (Å²) in [5, 5.41) is 12.3. The minimum absolute atomic E-state index is 0.161. The van der Waals surface area contributed by atoms with Gasteiger partial charge < -0.3 is 15.4 Å². The molecule has 0 aliphatic rings. The number of methoxy groups -OCH3 is 1. The van der Waals surface area contributed by atoms with Crippen molar-refractivity contribution in [3.05, 3.63) is 46.1 Å². The van der Waals surface area contributed by atoms with Crippen LogP contribution in [0.1, 0.15) is 12.6 Å². The highest BCUT2D eigenvalue weighted by molar-refractivity contribution is 7.14. The number of anilines is 2. The number of carbonyl (C=O) groups is 2. The number of ether oxygens (including phenoxy) is 1. The first-order valence-electron chi connectivity index (χ1n) is 7.77. The summed E-state index contributed by atoms with van der Waals surface area (Å²) in [4.78, 5) is 28.1. The van der Waals surface area contributed by atoms with Gasteiger partial charge in [0, 0.05) is 28.9 Å². The highest BCUT2D eigenvalue weighted by Crippen LogP contribution is 2.29. The standard InChI is InChI=1S/C18H17N3O3S2/c1-11(22)19-13-3-4-16(24-2)15(7-13)21-17(23)8-14-10-26-18(20-14)12-5-6-25-9-12/h3-7,9-10H,8H2,1-2H3,(H,19,22)(H,21,23). The number of amides is 2. The van der Waals surface area contributed by atoms with Crippen molar-refractivity contribution in [2.75, 3.05) is 17.7 Å². The Morgan fingerprint density at radius 2 is 2.04 bits per heavy atom. The van der Waals surface area contributed by atoms with Crippen LogP contribution in [0.2, 0.25) is 0 Å². The molecule has 0 aliphatic carbocycles. The molecule has 3 rings (SSSR count). The molecule has 8 heteroatoms. The highest BCUT2D eigenvalue weighted by Gasteiger charge is 2.12. The quantitative estimate of drug-likeness (QED) is 0.669. The lowest BCUT2D eigenvalue weighted by atomic mass is 10.2. The van der Waals surface area contributed by atoms with E-state index >= 15 is 0 Å². The summed E-state index contributed by atoms with van der Waals surface area (Å²) in [7, 11) is 1.52. The summed E-state index contributed by atoms with van der Waals surface area (Å²) in [6, 6.07) is 7.07. The van der Waals surface area contributed by atoms with E-state index in [9.17, 15) is 9.59 Å². The van der Waals surface area contributed by atoms with Gasteiger partial charge >= 0.3 is 0 Å². The number of thiophene rings is 1. The van der Waals surface area contributed by atoms with Gasteiger partial charge in [0.15, 0.2) is 0 Å². The van der Waals surface area contributed by atoms with Crippen molar-refractivity contribution in [2.45, 2.75) is 13.3 Å². The van der Waals surface area contributed by atoms with Gasteiger partial charge in [0.1, 0.15) is 10.8 Å². The van der Waals surface area contributed by atoms with Crippen LogP contribution in [0.5, 0.6) is 5.75 Å². The molecule has 0 saturated heterocycles. The molecule has 2 aromatic heterocycles. The monoisotopic (exact) mass is 387 g/mol. The van der Waals surface area contributed by atoms with E-state index in [1.165, 1.54) is 25.4 Å². The van der Waals surface area contributed by atoms with Crippen molar-refractivity contribution in [3.63, 3.8) is 0 Å². The Hall–Kier alpha value is -2.71. The lowest BCUT2D eigenvalue weighted by Gasteiger charge is -2.12. The lowest BCUT2D eigenvalue weighted by molar-refractivity contribution is -0.116. The second kappa shape index (κ2) is 8.11. The minimum atomic E-state index is -0.203. The SMILES string of the molecule is COc1ccc(NC(C)=O)cc1NC(=O)Cc1csc(-c2ccsc2)n1. The van der Waals surface area contributed by atoms with Crippen LogP contribution in [-0.4, -0.2) is 23.9 Å². The Balaban J connectivity index is 1.70. The highest BCUT2D eigenvalue weighted by atomic mass is 32.1. The van der Waals surface area contributed by atoms with Crippen LogP contribution in [0.25, 0.3) is 10.6 Å². The van der Waals surface area contributed by atoms with Crippen LogP contribution in [0.15, 0.2) is 40.4 Å². The molecule has 3 aromatic rings. The van der Waals surface area contributed by atoms with Gasteiger partial charge in [0.2, 0.25) is 11.8 Å². The first kappa shape index (κ1) is 18.1. The molecule has 134 valence electrons. The van der Waals surface area contributed by atoms with Gasteiger partial charge in [-0.1, -0.05) is 0 Å². The first-order valence-corrected chi connectivity index (χ1v) is 9.60. The molecule has 2 amide bonds. The van der Waals surface area contributed by atoms with Gasteiger partial charge in [-0.3, -0.25) is 9.59 Å². The van der Waals surface area contributed by atoms with E-state index in [2.05, 4.69) is 15.6 Å². The molecule has 0 aliphatic heterocycles. The molecular weight excluding hydrogens is 370 g/mol. The molecule has 0 bridgehead atoms. The van der Waals surface area contributed by atoms with Gasteiger partial charge in [0.25, 0.3) is 0 Å². The van der Waals surface area contributed by atoms with Gasteiger partial charge in [-0.05, 0) is 29.6 Å². The molecule has 0 fully saturated rings. The predicted molar refractivity (Wildman–Crippen MR) is 105 cm³/mol. The molecular formula is C18H17N3O3S2. The van der Waals surface area contributed by atoms with E-state index in [0.29, 0.717) is 22.8 Å². The summed E-state index contributed by atoms with van der Waals surface area (Å²) < 4.78 is 5.27. The van der Waals surface area contributed by atoms with Crippen molar-refractivity contribution in [1.29, 1.82) is 0 Å². The molecule has 1 aromatic carbocycles. The largest absolute Gasteiger partial charge is 0.495 e. The maximum absolute atomic E-state index is 12.4. The molecule has 2 heterocycles. The predicted octanol–water partition coefficient (Wildman–Crippen LogP) is 4.02. The van der Waals surface area contributed by atoms with E-state index in [1.807, 2.05) is 22.2 Å². The van der Waals surface area contributed by atoms with Crippen LogP contribution in [-0.2, 0) is 16.0 Å². The fourth-order valence-corrected chi connectivity index (χ4v) is 3.88. The number of nitrogens with one attached hydrogen (secondary N) is 2. The zero-order chi connectivity index (χ0) is 18.5. The summed E-state index contributed by atoms with van der Waals surface area (Å²) >= 11 is 3.13. The zero-order valence-corrected chi connectivity index (χ0v) is 15.9. The van der Waals surface area contributed by atoms with Crippen LogP contribution in [0.3, 0.4) is 0 Å². The van der Waals surface area contributed by atoms with Crippen LogP contribution < -0.4 is 15.4 Å². The maximum Gasteiger partial charge on any atom is 0.230 e. The van der Waals surface area contributed by atoms with Crippen molar-refractivity contribution in [2.24, 2.45) is 0 Å². The van der Waals surface area contributed by atoms with E-state index in [0.717, 1.165) is 10.6 Å². The van der Waals surface area contributed by atoms with Crippen molar-refractivity contribution in [1.82, 2.24) is 4.98 Å². The van der Waals surface area contributed by atoms with Gasteiger partial charge in [-0.2, -0.15) is 11.3 Å². The number of hydrogen-bond acceptors (Lipinski definition) is 6. The molecule has 0 radical (unpaired) electrons. The van der Waals surface area contributed by atoms with Crippen LogP contribution >= 0.6 is 22.7 Å². The Bertz CT molecular complexity index is 920. The van der Waals surface area contributed by atoms with Gasteiger partial charge in [0.05, 0.1) is 24.9 Å². The number of thiazole rings is 1. The molecule has 0 spiro atoms.